The van der Waals surface area contributed by atoms with E-state index in [0.717, 1.165) is 3.57 Å². The number of rotatable bonds is 4. The number of hydrogen-bond donors (Lipinski definition) is 2. The summed E-state index contributed by atoms with van der Waals surface area (Å²) in [6.45, 7) is 0. The zero-order valence-corrected chi connectivity index (χ0v) is 16.7. The molecular weight excluding hydrogens is 493 g/mol. The van der Waals surface area contributed by atoms with Crippen molar-refractivity contribution in [2.75, 3.05) is 5.32 Å². The predicted octanol–water partition coefficient (Wildman–Crippen LogP) is 5.48. The molecule has 0 saturated carbocycles. The van der Waals surface area contributed by atoms with Crippen molar-refractivity contribution in [1.82, 2.24) is 5.32 Å². The number of benzene rings is 2. The Morgan fingerprint density at radius 2 is 1.74 bits per heavy atom. The summed E-state index contributed by atoms with van der Waals surface area (Å²) < 4.78 is -0.802. The van der Waals surface area contributed by atoms with Gasteiger partial charge in [-0.25, -0.2) is 0 Å². The smallest absolute Gasteiger partial charge is 0.253 e. The lowest BCUT2D eigenvalue weighted by atomic mass is 10.2. The lowest BCUT2D eigenvalue weighted by Crippen LogP contribution is -2.49. The fourth-order valence-corrected chi connectivity index (χ4v) is 2.75. The topological polar surface area (TPSA) is 41.1 Å². The number of amides is 1. The zero-order valence-electron chi connectivity index (χ0n) is 11.5. The third kappa shape index (κ3) is 5.87. The Kier molecular flexibility index (Phi) is 6.68. The highest BCUT2D eigenvalue weighted by molar-refractivity contribution is 14.1. The minimum Gasteiger partial charge on any atom is -0.362 e. The standard InChI is InChI=1S/C15H11Cl4IN2O/c16-10-4-6-12(7-5-10)21-14(15(17,18)19)22-13(23)9-2-1-3-11(20)8-9/h1-8,14,21H,(H,22,23)/t14-/m0/s1. The molecule has 23 heavy (non-hydrogen) atoms. The van der Waals surface area contributed by atoms with Gasteiger partial charge in [-0.15, -0.1) is 0 Å². The van der Waals surface area contributed by atoms with E-state index in [1.807, 2.05) is 6.07 Å². The van der Waals surface area contributed by atoms with Crippen LogP contribution in [0.3, 0.4) is 0 Å². The van der Waals surface area contributed by atoms with Crippen LogP contribution in [0.2, 0.25) is 5.02 Å². The summed E-state index contributed by atoms with van der Waals surface area (Å²) in [7, 11) is 0. The molecule has 1 atom stereocenters. The van der Waals surface area contributed by atoms with Gasteiger partial charge in [0.15, 0.2) is 0 Å². The van der Waals surface area contributed by atoms with Crippen molar-refractivity contribution in [3.05, 3.63) is 62.7 Å². The highest BCUT2D eigenvalue weighted by Gasteiger charge is 2.34. The molecule has 0 saturated heterocycles. The Morgan fingerprint density at radius 3 is 2.30 bits per heavy atom. The minimum atomic E-state index is -1.74. The van der Waals surface area contributed by atoms with E-state index in [2.05, 4.69) is 33.2 Å². The van der Waals surface area contributed by atoms with Crippen molar-refractivity contribution in [3.8, 4) is 0 Å². The third-order valence-corrected chi connectivity index (χ3v) is 4.42. The number of halogens is 5. The second-order valence-electron chi connectivity index (χ2n) is 4.61. The molecule has 0 spiro atoms. The molecule has 0 unspecified atom stereocenters. The number of alkyl halides is 3. The molecule has 0 radical (unpaired) electrons. The summed E-state index contributed by atoms with van der Waals surface area (Å²) in [5, 5.41) is 6.24. The highest BCUT2D eigenvalue weighted by Crippen LogP contribution is 2.31. The van der Waals surface area contributed by atoms with Gasteiger partial charge in [-0.3, -0.25) is 4.79 Å². The third-order valence-electron chi connectivity index (χ3n) is 2.84. The van der Waals surface area contributed by atoms with Gasteiger partial charge >= 0.3 is 0 Å². The van der Waals surface area contributed by atoms with Gasteiger partial charge in [0, 0.05) is 19.8 Å². The molecule has 3 nitrogen and oxygen atoms in total. The van der Waals surface area contributed by atoms with Gasteiger partial charge in [-0.1, -0.05) is 52.5 Å². The molecule has 122 valence electrons. The molecule has 0 aromatic heterocycles. The van der Waals surface area contributed by atoms with Crippen LogP contribution < -0.4 is 10.6 Å². The van der Waals surface area contributed by atoms with Crippen LogP contribution in [-0.4, -0.2) is 15.9 Å². The number of carbonyl (C=O) groups excluding carboxylic acids is 1. The van der Waals surface area contributed by atoms with Crippen LogP contribution in [0.5, 0.6) is 0 Å². The van der Waals surface area contributed by atoms with Crippen LogP contribution >= 0.6 is 69.0 Å². The van der Waals surface area contributed by atoms with Gasteiger partial charge in [0.1, 0.15) is 6.17 Å². The molecule has 2 aromatic rings. The first-order valence-corrected chi connectivity index (χ1v) is 9.00. The van der Waals surface area contributed by atoms with E-state index in [1.54, 1.807) is 42.5 Å². The molecule has 0 heterocycles. The van der Waals surface area contributed by atoms with Crippen molar-refractivity contribution in [2.45, 2.75) is 9.96 Å². The molecule has 0 aliphatic rings. The predicted molar refractivity (Wildman–Crippen MR) is 106 cm³/mol. The Balaban J connectivity index is 2.16. The molecule has 0 bridgehead atoms. The number of anilines is 1. The van der Waals surface area contributed by atoms with Crippen LogP contribution in [0.4, 0.5) is 5.69 Å². The monoisotopic (exact) mass is 502 g/mol. The van der Waals surface area contributed by atoms with E-state index < -0.39 is 9.96 Å². The van der Waals surface area contributed by atoms with E-state index in [9.17, 15) is 4.79 Å². The van der Waals surface area contributed by atoms with Gasteiger partial charge in [-0.05, 0) is 65.1 Å². The molecule has 2 N–H and O–H groups in total. The lowest BCUT2D eigenvalue weighted by molar-refractivity contribution is 0.0942. The van der Waals surface area contributed by atoms with Crippen LogP contribution in [0.1, 0.15) is 10.4 Å². The molecule has 0 fully saturated rings. The number of hydrogen-bond acceptors (Lipinski definition) is 2. The second kappa shape index (κ2) is 8.12. The summed E-state index contributed by atoms with van der Waals surface area (Å²) in [4.78, 5) is 12.3. The van der Waals surface area contributed by atoms with Crippen LogP contribution in [0, 0.1) is 3.57 Å². The van der Waals surface area contributed by atoms with Crippen molar-refractivity contribution in [2.24, 2.45) is 0 Å². The first kappa shape index (κ1) is 18.9. The Hall–Kier alpha value is -0.400. The van der Waals surface area contributed by atoms with Crippen LogP contribution in [-0.2, 0) is 0 Å². The van der Waals surface area contributed by atoms with E-state index in [1.165, 1.54) is 0 Å². The fourth-order valence-electron chi connectivity index (χ4n) is 1.76. The Labute approximate surface area is 167 Å². The minimum absolute atomic E-state index is 0.346. The van der Waals surface area contributed by atoms with Gasteiger partial charge in [-0.2, -0.15) is 0 Å². The Morgan fingerprint density at radius 1 is 1.09 bits per heavy atom. The van der Waals surface area contributed by atoms with Crippen LogP contribution in [0.25, 0.3) is 0 Å². The number of nitrogens with one attached hydrogen (secondary N) is 2. The van der Waals surface area contributed by atoms with Gasteiger partial charge in [0.25, 0.3) is 5.91 Å². The average Bonchev–Trinajstić information content (AvgIpc) is 2.47. The van der Waals surface area contributed by atoms with Crippen molar-refractivity contribution in [3.63, 3.8) is 0 Å². The van der Waals surface area contributed by atoms with Crippen molar-refractivity contribution >= 4 is 80.6 Å². The lowest BCUT2D eigenvalue weighted by Gasteiger charge is -2.27. The quantitative estimate of drug-likeness (QED) is 0.329. The average molecular weight is 504 g/mol. The molecule has 0 aliphatic carbocycles. The Bertz CT molecular complexity index is 689. The highest BCUT2D eigenvalue weighted by atomic mass is 127. The largest absolute Gasteiger partial charge is 0.362 e. The summed E-state index contributed by atoms with van der Waals surface area (Å²) in [5.74, 6) is -0.346. The van der Waals surface area contributed by atoms with E-state index in [4.69, 9.17) is 46.4 Å². The maximum absolute atomic E-state index is 12.3. The summed E-state index contributed by atoms with van der Waals surface area (Å²) in [5.41, 5.74) is 1.14. The van der Waals surface area contributed by atoms with E-state index >= 15 is 0 Å². The van der Waals surface area contributed by atoms with Crippen molar-refractivity contribution < 1.29 is 4.79 Å². The van der Waals surface area contributed by atoms with Gasteiger partial charge in [0.2, 0.25) is 3.79 Å². The molecule has 8 heteroatoms. The summed E-state index contributed by atoms with van der Waals surface area (Å²) >= 11 is 25.9. The second-order valence-corrected chi connectivity index (χ2v) is 8.66. The number of carbonyl (C=O) groups is 1. The molecule has 2 aromatic carbocycles. The first-order valence-electron chi connectivity index (χ1n) is 6.41. The molecular formula is C15H11Cl4IN2O. The molecule has 1 amide bonds. The first-order chi connectivity index (χ1) is 10.8. The van der Waals surface area contributed by atoms with Gasteiger partial charge in [0.05, 0.1) is 0 Å². The van der Waals surface area contributed by atoms with Crippen molar-refractivity contribution in [1.29, 1.82) is 0 Å². The maximum Gasteiger partial charge on any atom is 0.253 e. The molecule has 0 aliphatic heterocycles. The zero-order chi connectivity index (χ0) is 17.0. The van der Waals surface area contributed by atoms with E-state index in [0.29, 0.717) is 16.3 Å². The summed E-state index contributed by atoms with van der Waals surface area (Å²) in [6, 6.07) is 13.9. The SMILES string of the molecule is O=C(N[C@H](Nc1ccc(Cl)cc1)C(Cl)(Cl)Cl)c1cccc(I)c1. The van der Waals surface area contributed by atoms with Crippen LogP contribution in [0.15, 0.2) is 48.5 Å². The maximum atomic E-state index is 12.3. The summed E-state index contributed by atoms with van der Waals surface area (Å²) in [6.07, 6.45) is -0.918. The normalized spacial score (nSPS) is 12.6. The fraction of sp³-hybridized carbons (Fsp3) is 0.133. The van der Waals surface area contributed by atoms with E-state index in [-0.39, 0.29) is 5.91 Å². The van der Waals surface area contributed by atoms with Gasteiger partial charge < -0.3 is 10.6 Å². The molecule has 2 rings (SSSR count).